The zero-order valence-electron chi connectivity index (χ0n) is 36.8. The van der Waals surface area contributed by atoms with Crippen LogP contribution in [0, 0.1) is 5.92 Å². The molecule has 0 saturated heterocycles. The summed E-state index contributed by atoms with van der Waals surface area (Å²) in [6.45, 7) is 9.69. The number of anilines is 5. The summed E-state index contributed by atoms with van der Waals surface area (Å²) in [4.78, 5) is 5.02. The quantitative estimate of drug-likeness (QED) is 0.158. The molecule has 308 valence electrons. The van der Waals surface area contributed by atoms with Crippen LogP contribution >= 0.6 is 0 Å². The number of fused-ring (bicyclic) bond motifs is 8. The van der Waals surface area contributed by atoms with Crippen molar-refractivity contribution >= 4 is 51.0 Å². The molecule has 2 nitrogen and oxygen atoms in total. The lowest BCUT2D eigenvalue weighted by Gasteiger charge is -2.38. The van der Waals surface area contributed by atoms with Crippen molar-refractivity contribution < 1.29 is 0 Å². The Bertz CT molecular complexity index is 3360. The molecule has 0 amide bonds. The van der Waals surface area contributed by atoms with Crippen molar-refractivity contribution in [1.82, 2.24) is 0 Å². The fourth-order valence-corrected chi connectivity index (χ4v) is 11.5. The van der Waals surface area contributed by atoms with E-state index in [1.807, 2.05) is 0 Å². The monoisotopic (exact) mass is 822 g/mol. The van der Waals surface area contributed by atoms with Gasteiger partial charge in [0.15, 0.2) is 0 Å². The molecular formula is C62H50N2. The molecule has 64 heavy (non-hydrogen) atoms. The first-order chi connectivity index (χ1) is 31.3. The Balaban J connectivity index is 1.03. The number of para-hydroxylation sites is 2. The molecule has 0 spiro atoms. The summed E-state index contributed by atoms with van der Waals surface area (Å²) in [5, 5.41) is 5.10. The van der Waals surface area contributed by atoms with Gasteiger partial charge in [-0.3, -0.25) is 0 Å². The van der Waals surface area contributed by atoms with Gasteiger partial charge in [0, 0.05) is 50.7 Å². The molecule has 2 unspecified atom stereocenters. The van der Waals surface area contributed by atoms with Crippen LogP contribution in [0.15, 0.2) is 212 Å². The number of benzene rings is 9. The molecule has 0 heterocycles. The second-order valence-electron chi connectivity index (χ2n) is 19.0. The highest BCUT2D eigenvalue weighted by Crippen LogP contribution is 2.58. The van der Waals surface area contributed by atoms with Crippen molar-refractivity contribution in [3.63, 3.8) is 0 Å². The van der Waals surface area contributed by atoms with Crippen LogP contribution in [-0.2, 0) is 10.8 Å². The maximum absolute atomic E-state index is 2.57. The summed E-state index contributed by atoms with van der Waals surface area (Å²) in [6, 6.07) is 78.9. The lowest BCUT2D eigenvalue weighted by Crippen LogP contribution is -2.42. The second kappa shape index (κ2) is 14.6. The second-order valence-corrected chi connectivity index (χ2v) is 19.0. The minimum atomic E-state index is -0.166. The summed E-state index contributed by atoms with van der Waals surface area (Å²) in [5.41, 5.74) is 17.5. The molecule has 9 aromatic carbocycles. The van der Waals surface area contributed by atoms with Crippen molar-refractivity contribution in [2.24, 2.45) is 5.92 Å². The van der Waals surface area contributed by atoms with Crippen LogP contribution in [0.25, 0.3) is 44.8 Å². The van der Waals surface area contributed by atoms with Gasteiger partial charge in [0.1, 0.15) is 0 Å². The van der Waals surface area contributed by atoms with Crippen LogP contribution in [-0.4, -0.2) is 0 Å². The predicted molar refractivity (Wildman–Crippen MR) is 269 cm³/mol. The van der Waals surface area contributed by atoms with E-state index in [9.17, 15) is 0 Å². The lowest BCUT2D eigenvalue weighted by molar-refractivity contribution is 0.416. The van der Waals surface area contributed by atoms with Gasteiger partial charge in [-0.2, -0.15) is 0 Å². The highest BCUT2D eigenvalue weighted by atomic mass is 15.2. The van der Waals surface area contributed by atoms with E-state index in [2.05, 4.69) is 256 Å². The zero-order chi connectivity index (χ0) is 43.2. The third kappa shape index (κ3) is 5.93. The molecule has 0 aromatic heterocycles. The summed E-state index contributed by atoms with van der Waals surface area (Å²) < 4.78 is 0. The molecule has 12 rings (SSSR count). The van der Waals surface area contributed by atoms with Crippen molar-refractivity contribution in [3.05, 3.63) is 245 Å². The molecule has 3 aliphatic carbocycles. The van der Waals surface area contributed by atoms with Crippen molar-refractivity contribution in [1.29, 1.82) is 0 Å². The van der Waals surface area contributed by atoms with Crippen LogP contribution in [0.2, 0.25) is 0 Å². The van der Waals surface area contributed by atoms with E-state index in [1.54, 1.807) is 0 Å². The Hall–Kier alpha value is -7.42. The molecule has 2 heteroatoms. The molecule has 0 fully saturated rings. The highest BCUT2D eigenvalue weighted by molar-refractivity contribution is 5.90. The van der Waals surface area contributed by atoms with Crippen LogP contribution in [0.1, 0.15) is 55.9 Å². The number of hydrogen-bond donors (Lipinski definition) is 0. The van der Waals surface area contributed by atoms with Crippen LogP contribution in [0.5, 0.6) is 0 Å². The average Bonchev–Trinajstić information content (AvgIpc) is 3.71. The standard InChI is InChI=1S/C62H50N2/c1-61(2)55-26-16-15-25-52(55)53-35-33-49(39-56(53)61)63(48-31-29-42(30-32-48)44-28-27-41-17-11-12-18-43(41)37-44)50-34-36-54-57(40-50)62(3,4)58-38-45-19-13-14-24-51(45)60(59(54)58)64(46-20-7-5-8-21-46)47-22-9-6-10-23-47/h5-40,58-59H,1-4H3. The number of hydrogen-bond acceptors (Lipinski definition) is 2. The number of nitrogens with zero attached hydrogens (tertiary/aromatic N) is 2. The summed E-state index contributed by atoms with van der Waals surface area (Å²) in [5.74, 6) is 0.384. The highest BCUT2D eigenvalue weighted by Gasteiger charge is 2.49. The molecule has 0 saturated carbocycles. The van der Waals surface area contributed by atoms with E-state index in [1.165, 1.54) is 88.5 Å². The Morgan fingerprint density at radius 2 is 0.953 bits per heavy atom. The molecule has 0 N–H and O–H groups in total. The largest absolute Gasteiger partial charge is 0.313 e. The molecular weight excluding hydrogens is 773 g/mol. The molecule has 2 atom stereocenters. The SMILES string of the molecule is CC1(C)c2ccccc2-c2ccc(N(c3ccc(-c4ccc5ccccc5c4)cc3)c3ccc4c(c3)C(C)(C)C3C=c5ccccc5=C(N(c5ccccc5)c5ccccc5)C43)cc21. The van der Waals surface area contributed by atoms with Crippen LogP contribution in [0.4, 0.5) is 28.4 Å². The van der Waals surface area contributed by atoms with E-state index in [4.69, 9.17) is 0 Å². The zero-order valence-corrected chi connectivity index (χ0v) is 36.8. The lowest BCUT2D eigenvalue weighted by atomic mass is 9.72. The fourth-order valence-electron chi connectivity index (χ4n) is 11.5. The first-order valence-electron chi connectivity index (χ1n) is 22.8. The maximum atomic E-state index is 2.57. The van der Waals surface area contributed by atoms with Crippen LogP contribution < -0.4 is 20.2 Å². The molecule has 0 radical (unpaired) electrons. The third-order valence-corrected chi connectivity index (χ3v) is 14.7. The van der Waals surface area contributed by atoms with Gasteiger partial charge in [-0.1, -0.05) is 179 Å². The van der Waals surface area contributed by atoms with E-state index in [-0.39, 0.29) is 22.7 Å². The third-order valence-electron chi connectivity index (χ3n) is 14.7. The van der Waals surface area contributed by atoms with Crippen molar-refractivity contribution in [3.8, 4) is 22.3 Å². The van der Waals surface area contributed by atoms with Gasteiger partial charge >= 0.3 is 0 Å². The summed E-state index contributed by atoms with van der Waals surface area (Å²) in [7, 11) is 0. The maximum Gasteiger partial charge on any atom is 0.0465 e. The Labute approximate surface area is 376 Å². The molecule has 9 aromatic rings. The molecule has 3 aliphatic rings. The van der Waals surface area contributed by atoms with Gasteiger partial charge in [-0.05, 0) is 139 Å². The number of rotatable bonds is 7. The Morgan fingerprint density at radius 1 is 0.391 bits per heavy atom. The minimum absolute atomic E-state index is 0.121. The van der Waals surface area contributed by atoms with Gasteiger partial charge in [0.2, 0.25) is 0 Å². The first-order valence-corrected chi connectivity index (χ1v) is 22.8. The van der Waals surface area contributed by atoms with Gasteiger partial charge in [0.05, 0.1) is 0 Å². The van der Waals surface area contributed by atoms with Gasteiger partial charge < -0.3 is 9.80 Å². The topological polar surface area (TPSA) is 6.48 Å². The van der Waals surface area contributed by atoms with Gasteiger partial charge in [-0.15, -0.1) is 0 Å². The fraction of sp³-hybridized carbons (Fsp3) is 0.129. The van der Waals surface area contributed by atoms with Crippen molar-refractivity contribution in [2.45, 2.75) is 44.4 Å². The average molecular weight is 823 g/mol. The first kappa shape index (κ1) is 38.3. The Morgan fingerprint density at radius 3 is 1.70 bits per heavy atom. The van der Waals surface area contributed by atoms with Gasteiger partial charge in [0.25, 0.3) is 0 Å². The normalized spacial score (nSPS) is 17.1. The van der Waals surface area contributed by atoms with E-state index < -0.39 is 0 Å². The van der Waals surface area contributed by atoms with Crippen molar-refractivity contribution in [2.75, 3.05) is 9.80 Å². The minimum Gasteiger partial charge on any atom is -0.313 e. The van der Waals surface area contributed by atoms with Gasteiger partial charge in [-0.25, -0.2) is 0 Å². The summed E-state index contributed by atoms with van der Waals surface area (Å²) in [6.07, 6.45) is 2.57. The van der Waals surface area contributed by atoms with E-state index in [0.29, 0.717) is 0 Å². The molecule has 0 bridgehead atoms. The van der Waals surface area contributed by atoms with Crippen LogP contribution in [0.3, 0.4) is 0 Å². The molecule has 0 aliphatic heterocycles. The van der Waals surface area contributed by atoms with E-state index >= 15 is 0 Å². The summed E-state index contributed by atoms with van der Waals surface area (Å²) >= 11 is 0. The predicted octanol–water partition coefficient (Wildman–Crippen LogP) is 14.7. The van der Waals surface area contributed by atoms with E-state index in [0.717, 1.165) is 11.4 Å². The Kier molecular flexibility index (Phi) is 8.72. The smallest absolute Gasteiger partial charge is 0.0465 e.